The van der Waals surface area contributed by atoms with Gasteiger partial charge in [0.1, 0.15) is 12.1 Å². The van der Waals surface area contributed by atoms with Crippen molar-refractivity contribution in [2.24, 2.45) is 0 Å². The summed E-state index contributed by atoms with van der Waals surface area (Å²) in [5, 5.41) is 22.7. The summed E-state index contributed by atoms with van der Waals surface area (Å²) >= 11 is 0. The Hall–Kier alpha value is -3.26. The van der Waals surface area contributed by atoms with E-state index in [9.17, 15) is 15.2 Å². The summed E-state index contributed by atoms with van der Waals surface area (Å²) in [6.45, 7) is 2.36. The van der Waals surface area contributed by atoms with E-state index in [0.717, 1.165) is 10.8 Å². The lowest BCUT2D eigenvalue weighted by molar-refractivity contribution is -0.385. The molecule has 0 aliphatic carbocycles. The Morgan fingerprint density at radius 1 is 1.19 bits per heavy atom. The number of aliphatic hydroxyl groups is 1. The van der Waals surface area contributed by atoms with Crippen molar-refractivity contribution in [2.75, 3.05) is 24.6 Å². The quantitative estimate of drug-likeness (QED) is 0.513. The standard InChI is InChI=1S/C18H18N4O4/c1-2-21(10-11-23)17-16(22(24)25)18(20-12-19-17)26-15-9-5-7-13-6-3-4-8-14(13)15/h3-9,12,23H,2,10-11H2,1H3. The smallest absolute Gasteiger partial charge is 0.373 e. The lowest BCUT2D eigenvalue weighted by Gasteiger charge is -2.20. The van der Waals surface area contributed by atoms with E-state index in [1.165, 1.54) is 6.33 Å². The van der Waals surface area contributed by atoms with Gasteiger partial charge in [-0.05, 0) is 18.4 Å². The lowest BCUT2D eigenvalue weighted by Crippen LogP contribution is -2.28. The van der Waals surface area contributed by atoms with Gasteiger partial charge in [0.05, 0.1) is 11.5 Å². The van der Waals surface area contributed by atoms with Crippen LogP contribution in [0.4, 0.5) is 11.5 Å². The van der Waals surface area contributed by atoms with Crippen molar-refractivity contribution in [3.63, 3.8) is 0 Å². The number of aromatic nitrogens is 2. The number of fused-ring (bicyclic) bond motifs is 1. The molecule has 0 unspecified atom stereocenters. The second-order valence-corrected chi connectivity index (χ2v) is 5.49. The summed E-state index contributed by atoms with van der Waals surface area (Å²) in [4.78, 5) is 20.7. The molecule has 8 nitrogen and oxygen atoms in total. The van der Waals surface area contributed by atoms with Crippen LogP contribution in [-0.4, -0.2) is 39.7 Å². The number of ether oxygens (including phenoxy) is 1. The van der Waals surface area contributed by atoms with Crippen molar-refractivity contribution in [3.8, 4) is 11.6 Å². The van der Waals surface area contributed by atoms with Gasteiger partial charge in [0.15, 0.2) is 0 Å². The maximum Gasteiger partial charge on any atom is 0.373 e. The van der Waals surface area contributed by atoms with Gasteiger partial charge in [0.25, 0.3) is 0 Å². The molecule has 0 radical (unpaired) electrons. The second-order valence-electron chi connectivity index (χ2n) is 5.49. The molecule has 0 aliphatic rings. The highest BCUT2D eigenvalue weighted by Gasteiger charge is 2.28. The highest BCUT2D eigenvalue weighted by atomic mass is 16.6. The Bertz CT molecular complexity index is 927. The molecule has 1 aromatic heterocycles. The summed E-state index contributed by atoms with van der Waals surface area (Å²) in [7, 11) is 0. The van der Waals surface area contributed by atoms with E-state index in [0.29, 0.717) is 12.3 Å². The van der Waals surface area contributed by atoms with Gasteiger partial charge >= 0.3 is 11.6 Å². The summed E-state index contributed by atoms with van der Waals surface area (Å²) in [6.07, 6.45) is 1.23. The molecule has 0 saturated heterocycles. The number of anilines is 1. The van der Waals surface area contributed by atoms with Crippen LogP contribution in [0.3, 0.4) is 0 Å². The van der Waals surface area contributed by atoms with Crippen LogP contribution in [0.1, 0.15) is 6.92 Å². The van der Waals surface area contributed by atoms with Gasteiger partial charge in [0, 0.05) is 18.5 Å². The first kappa shape index (κ1) is 17.6. The largest absolute Gasteiger partial charge is 0.433 e. The van der Waals surface area contributed by atoms with E-state index >= 15 is 0 Å². The van der Waals surface area contributed by atoms with Gasteiger partial charge in [-0.15, -0.1) is 0 Å². The molecule has 0 aliphatic heterocycles. The fraction of sp³-hybridized carbons (Fsp3) is 0.222. The average molecular weight is 354 g/mol. The highest BCUT2D eigenvalue weighted by Crippen LogP contribution is 2.37. The van der Waals surface area contributed by atoms with E-state index in [2.05, 4.69) is 9.97 Å². The first-order chi connectivity index (χ1) is 12.7. The predicted molar refractivity (Wildman–Crippen MR) is 97.7 cm³/mol. The minimum absolute atomic E-state index is 0.122. The number of hydrogen-bond acceptors (Lipinski definition) is 7. The summed E-state index contributed by atoms with van der Waals surface area (Å²) in [6, 6.07) is 13.1. The molecule has 26 heavy (non-hydrogen) atoms. The molecular weight excluding hydrogens is 336 g/mol. The molecule has 1 heterocycles. The Balaban J connectivity index is 2.08. The first-order valence-electron chi connectivity index (χ1n) is 8.16. The number of benzene rings is 2. The van der Waals surface area contributed by atoms with Crippen LogP contribution in [-0.2, 0) is 0 Å². The summed E-state index contributed by atoms with van der Waals surface area (Å²) in [5.74, 6) is 0.464. The zero-order valence-electron chi connectivity index (χ0n) is 14.2. The van der Waals surface area contributed by atoms with E-state index < -0.39 is 4.92 Å². The van der Waals surface area contributed by atoms with Gasteiger partial charge < -0.3 is 14.7 Å². The Morgan fingerprint density at radius 3 is 2.69 bits per heavy atom. The Kier molecular flexibility index (Phi) is 5.23. The number of nitro groups is 1. The van der Waals surface area contributed by atoms with E-state index in [4.69, 9.17) is 4.74 Å². The van der Waals surface area contributed by atoms with Crippen molar-refractivity contribution in [2.45, 2.75) is 6.92 Å². The summed E-state index contributed by atoms with van der Waals surface area (Å²) in [5.41, 5.74) is -0.323. The normalized spacial score (nSPS) is 10.7. The fourth-order valence-corrected chi connectivity index (χ4v) is 2.74. The van der Waals surface area contributed by atoms with Crippen molar-refractivity contribution >= 4 is 22.3 Å². The minimum Gasteiger partial charge on any atom is -0.433 e. The van der Waals surface area contributed by atoms with Crippen molar-refractivity contribution in [1.29, 1.82) is 0 Å². The molecule has 1 N–H and O–H groups in total. The first-order valence-corrected chi connectivity index (χ1v) is 8.16. The molecule has 2 aromatic carbocycles. The maximum atomic E-state index is 11.7. The number of likely N-dealkylation sites (N-methyl/N-ethyl adjacent to an activating group) is 1. The minimum atomic E-state index is -0.560. The average Bonchev–Trinajstić information content (AvgIpc) is 2.66. The van der Waals surface area contributed by atoms with Gasteiger partial charge in [-0.3, -0.25) is 10.1 Å². The van der Waals surface area contributed by atoms with Gasteiger partial charge in [-0.2, -0.15) is 4.98 Å². The van der Waals surface area contributed by atoms with Gasteiger partial charge in [0.2, 0.25) is 5.82 Å². The van der Waals surface area contributed by atoms with Crippen LogP contribution in [0.15, 0.2) is 48.8 Å². The van der Waals surface area contributed by atoms with Crippen LogP contribution in [0, 0.1) is 10.1 Å². The van der Waals surface area contributed by atoms with Gasteiger partial charge in [-0.25, -0.2) is 4.98 Å². The molecule has 8 heteroatoms. The zero-order chi connectivity index (χ0) is 18.5. The van der Waals surface area contributed by atoms with Crippen LogP contribution >= 0.6 is 0 Å². The third kappa shape index (κ3) is 3.40. The van der Waals surface area contributed by atoms with E-state index in [1.807, 2.05) is 43.3 Å². The SMILES string of the molecule is CCN(CCO)c1ncnc(Oc2cccc3ccccc23)c1[N+](=O)[O-]. The molecule has 0 saturated carbocycles. The number of aliphatic hydroxyl groups excluding tert-OH is 1. The third-order valence-corrected chi connectivity index (χ3v) is 3.96. The Morgan fingerprint density at radius 2 is 1.96 bits per heavy atom. The van der Waals surface area contributed by atoms with E-state index in [1.54, 1.807) is 11.0 Å². The second kappa shape index (κ2) is 7.75. The van der Waals surface area contributed by atoms with Crippen LogP contribution < -0.4 is 9.64 Å². The number of hydrogen-bond donors (Lipinski definition) is 1. The van der Waals surface area contributed by atoms with Crippen LogP contribution in [0.25, 0.3) is 10.8 Å². The van der Waals surface area contributed by atoms with Crippen molar-refractivity contribution < 1.29 is 14.8 Å². The molecule has 0 spiro atoms. The highest BCUT2D eigenvalue weighted by molar-refractivity contribution is 5.88. The topological polar surface area (TPSA) is 102 Å². The molecule has 3 aromatic rings. The lowest BCUT2D eigenvalue weighted by atomic mass is 10.1. The number of nitrogens with zero attached hydrogens (tertiary/aromatic N) is 4. The molecule has 0 fully saturated rings. The zero-order valence-corrected chi connectivity index (χ0v) is 14.2. The van der Waals surface area contributed by atoms with Crippen molar-refractivity contribution in [3.05, 3.63) is 58.9 Å². The third-order valence-electron chi connectivity index (χ3n) is 3.96. The predicted octanol–water partition coefficient (Wildman–Crippen LogP) is 3.15. The van der Waals surface area contributed by atoms with Crippen molar-refractivity contribution in [1.82, 2.24) is 9.97 Å². The molecule has 0 bridgehead atoms. The van der Waals surface area contributed by atoms with Crippen LogP contribution in [0.5, 0.6) is 11.6 Å². The monoisotopic (exact) mass is 354 g/mol. The molecule has 0 atom stereocenters. The Labute approximate surface area is 149 Å². The summed E-state index contributed by atoms with van der Waals surface area (Å²) < 4.78 is 5.82. The van der Waals surface area contributed by atoms with Crippen LogP contribution in [0.2, 0.25) is 0 Å². The van der Waals surface area contributed by atoms with Gasteiger partial charge in [-0.1, -0.05) is 36.4 Å². The molecule has 3 rings (SSSR count). The molecule has 134 valence electrons. The number of rotatable bonds is 7. The molecular formula is C18H18N4O4. The maximum absolute atomic E-state index is 11.7. The molecule has 0 amide bonds. The van der Waals surface area contributed by atoms with E-state index in [-0.39, 0.29) is 30.5 Å². The fourth-order valence-electron chi connectivity index (χ4n) is 2.74.